The van der Waals surface area contributed by atoms with E-state index in [4.69, 9.17) is 11.6 Å². The summed E-state index contributed by atoms with van der Waals surface area (Å²) in [5.41, 5.74) is 0.576. The predicted molar refractivity (Wildman–Crippen MR) is 78.4 cm³/mol. The Morgan fingerprint density at radius 2 is 2.05 bits per heavy atom. The van der Waals surface area contributed by atoms with Crippen molar-refractivity contribution in [3.8, 4) is 0 Å². The molecule has 0 radical (unpaired) electrons. The fraction of sp³-hybridized carbons (Fsp3) is 0.462. The van der Waals surface area contributed by atoms with Gasteiger partial charge in [-0.2, -0.15) is 4.31 Å². The molecule has 0 saturated carbocycles. The number of amides is 1. The Morgan fingerprint density at radius 3 is 2.60 bits per heavy atom. The zero-order valence-electron chi connectivity index (χ0n) is 11.2. The van der Waals surface area contributed by atoms with Crippen LogP contribution < -0.4 is 5.32 Å². The van der Waals surface area contributed by atoms with Crippen LogP contribution in [0.1, 0.15) is 19.8 Å². The molecule has 1 heterocycles. The van der Waals surface area contributed by atoms with Crippen molar-refractivity contribution in [2.24, 2.45) is 0 Å². The Hall–Kier alpha value is -1.11. The zero-order chi connectivity index (χ0) is 14.8. The number of hydrogen-bond donors (Lipinski definition) is 1. The molecule has 1 aromatic rings. The molecule has 0 aromatic heterocycles. The van der Waals surface area contributed by atoms with E-state index < -0.39 is 10.0 Å². The molecule has 1 aliphatic rings. The van der Waals surface area contributed by atoms with E-state index >= 15 is 0 Å². The van der Waals surface area contributed by atoms with E-state index in [2.05, 4.69) is 5.32 Å². The minimum Gasteiger partial charge on any atom is -0.326 e. The average Bonchev–Trinajstić information content (AvgIpc) is 2.87. The molecule has 1 aromatic carbocycles. The minimum atomic E-state index is -3.51. The molecule has 110 valence electrons. The van der Waals surface area contributed by atoms with Crippen LogP contribution in [0.2, 0.25) is 0 Å². The van der Waals surface area contributed by atoms with Gasteiger partial charge >= 0.3 is 0 Å². The summed E-state index contributed by atoms with van der Waals surface area (Å²) in [7, 11) is -3.51. The Bertz CT molecular complexity index is 586. The normalized spacial score (nSPS) is 20.0. The monoisotopic (exact) mass is 316 g/mol. The summed E-state index contributed by atoms with van der Waals surface area (Å²) in [6.45, 7) is 1.91. The molecule has 1 atom stereocenters. The Balaban J connectivity index is 2.23. The van der Waals surface area contributed by atoms with Crippen molar-refractivity contribution in [1.82, 2.24) is 4.31 Å². The van der Waals surface area contributed by atoms with Crippen molar-refractivity contribution < 1.29 is 13.2 Å². The van der Waals surface area contributed by atoms with Gasteiger partial charge in [0.25, 0.3) is 0 Å². The molecule has 7 heteroatoms. The van der Waals surface area contributed by atoms with Gasteiger partial charge in [-0.25, -0.2) is 8.42 Å². The van der Waals surface area contributed by atoms with Crippen LogP contribution in [-0.2, 0) is 14.8 Å². The molecule has 1 saturated heterocycles. The van der Waals surface area contributed by atoms with Crippen molar-refractivity contribution in [3.63, 3.8) is 0 Å². The van der Waals surface area contributed by atoms with Crippen LogP contribution >= 0.6 is 11.6 Å². The second-order valence-corrected chi connectivity index (χ2v) is 6.97. The van der Waals surface area contributed by atoms with E-state index in [1.165, 1.54) is 23.4 Å². The molecule has 20 heavy (non-hydrogen) atoms. The minimum absolute atomic E-state index is 0.128. The molecule has 2 rings (SSSR count). The van der Waals surface area contributed by atoms with Crippen molar-refractivity contribution in [2.45, 2.75) is 30.7 Å². The van der Waals surface area contributed by atoms with Crippen molar-refractivity contribution >= 4 is 33.2 Å². The highest BCUT2D eigenvalue weighted by atomic mass is 35.5. The lowest BCUT2D eigenvalue weighted by atomic mass is 10.3. The highest BCUT2D eigenvalue weighted by molar-refractivity contribution is 7.89. The molecule has 1 N–H and O–H groups in total. The zero-order valence-corrected chi connectivity index (χ0v) is 12.7. The third kappa shape index (κ3) is 3.13. The van der Waals surface area contributed by atoms with E-state index in [9.17, 15) is 13.2 Å². The molecule has 1 fully saturated rings. The molecular formula is C13H17ClN2O3S. The van der Waals surface area contributed by atoms with Crippen molar-refractivity contribution in [1.29, 1.82) is 0 Å². The van der Waals surface area contributed by atoms with Gasteiger partial charge in [0.1, 0.15) is 0 Å². The first-order valence-electron chi connectivity index (χ1n) is 6.40. The number of sulfonamides is 1. The second-order valence-electron chi connectivity index (χ2n) is 4.77. The summed E-state index contributed by atoms with van der Waals surface area (Å²) in [5.74, 6) is 0.116. The highest BCUT2D eigenvalue weighted by Gasteiger charge is 2.34. The fourth-order valence-corrected chi connectivity index (χ4v) is 4.42. The maximum absolute atomic E-state index is 12.5. The molecule has 5 nitrogen and oxygen atoms in total. The smallest absolute Gasteiger partial charge is 0.243 e. The lowest BCUT2D eigenvalue weighted by Gasteiger charge is -2.22. The second kappa shape index (κ2) is 6.11. The van der Waals surface area contributed by atoms with E-state index in [-0.39, 0.29) is 16.8 Å². The first kappa shape index (κ1) is 15.3. The summed E-state index contributed by atoms with van der Waals surface area (Å²) >= 11 is 5.82. The number of nitrogens with zero attached hydrogens (tertiary/aromatic N) is 1. The van der Waals surface area contributed by atoms with E-state index in [1.54, 1.807) is 12.1 Å². The largest absolute Gasteiger partial charge is 0.326 e. The number of alkyl halides is 1. The molecular weight excluding hydrogens is 300 g/mol. The van der Waals surface area contributed by atoms with Gasteiger partial charge in [0.05, 0.1) is 4.90 Å². The van der Waals surface area contributed by atoms with E-state index in [0.29, 0.717) is 18.1 Å². The van der Waals surface area contributed by atoms with Gasteiger partial charge in [0, 0.05) is 31.1 Å². The summed E-state index contributed by atoms with van der Waals surface area (Å²) in [5, 5.41) is 2.60. The van der Waals surface area contributed by atoms with Crippen LogP contribution in [0.25, 0.3) is 0 Å². The number of nitrogens with one attached hydrogen (secondary N) is 1. The topological polar surface area (TPSA) is 66.5 Å². The molecule has 0 aliphatic carbocycles. The van der Waals surface area contributed by atoms with Gasteiger partial charge in [-0.15, -0.1) is 11.6 Å². The van der Waals surface area contributed by atoms with Gasteiger partial charge in [-0.3, -0.25) is 4.79 Å². The van der Waals surface area contributed by atoms with Crippen LogP contribution in [-0.4, -0.2) is 37.1 Å². The van der Waals surface area contributed by atoms with Crippen LogP contribution in [0, 0.1) is 0 Å². The maximum atomic E-state index is 12.5. The summed E-state index contributed by atoms with van der Waals surface area (Å²) in [6, 6.07) is 6.05. The van der Waals surface area contributed by atoms with Gasteiger partial charge in [-0.1, -0.05) is 0 Å². The third-order valence-electron chi connectivity index (χ3n) is 3.28. The van der Waals surface area contributed by atoms with E-state index in [0.717, 1.165) is 12.8 Å². The third-order valence-corrected chi connectivity index (χ3v) is 5.60. The quantitative estimate of drug-likeness (QED) is 0.864. The SMILES string of the molecule is CC(=O)Nc1ccc(S(=O)(=O)N2CCC[C@H]2CCl)cc1. The summed E-state index contributed by atoms with van der Waals surface area (Å²) in [6.07, 6.45) is 1.63. The van der Waals surface area contributed by atoms with Crippen LogP contribution in [0.3, 0.4) is 0 Å². The number of anilines is 1. The summed E-state index contributed by atoms with van der Waals surface area (Å²) < 4.78 is 26.5. The molecule has 0 spiro atoms. The molecule has 1 aliphatic heterocycles. The van der Waals surface area contributed by atoms with Crippen LogP contribution in [0.5, 0.6) is 0 Å². The van der Waals surface area contributed by atoms with Gasteiger partial charge in [-0.05, 0) is 37.1 Å². The number of rotatable bonds is 4. The molecule has 0 bridgehead atoms. The Kier molecular flexibility index (Phi) is 4.67. The fourth-order valence-electron chi connectivity index (χ4n) is 2.33. The van der Waals surface area contributed by atoms with Crippen molar-refractivity contribution in [3.05, 3.63) is 24.3 Å². The van der Waals surface area contributed by atoms with Gasteiger partial charge in [0.15, 0.2) is 0 Å². The lowest BCUT2D eigenvalue weighted by molar-refractivity contribution is -0.114. The predicted octanol–water partition coefficient (Wildman–Crippen LogP) is 2.04. The molecule has 1 amide bonds. The van der Waals surface area contributed by atoms with Gasteiger partial charge in [0.2, 0.25) is 15.9 Å². The Labute approximate surface area is 124 Å². The van der Waals surface area contributed by atoms with Crippen LogP contribution in [0.4, 0.5) is 5.69 Å². The Morgan fingerprint density at radius 1 is 1.40 bits per heavy atom. The molecule has 0 unspecified atom stereocenters. The van der Waals surface area contributed by atoms with Crippen LogP contribution in [0.15, 0.2) is 29.2 Å². The number of benzene rings is 1. The van der Waals surface area contributed by atoms with E-state index in [1.807, 2.05) is 0 Å². The summed E-state index contributed by atoms with van der Waals surface area (Å²) in [4.78, 5) is 11.2. The number of carbonyl (C=O) groups excluding carboxylic acids is 1. The van der Waals surface area contributed by atoms with Gasteiger partial charge < -0.3 is 5.32 Å². The van der Waals surface area contributed by atoms with Crippen molar-refractivity contribution in [2.75, 3.05) is 17.7 Å². The highest BCUT2D eigenvalue weighted by Crippen LogP contribution is 2.27. The average molecular weight is 317 g/mol. The first-order valence-corrected chi connectivity index (χ1v) is 8.38. The maximum Gasteiger partial charge on any atom is 0.243 e. The number of halogens is 1. The first-order chi connectivity index (χ1) is 9.45. The lowest BCUT2D eigenvalue weighted by Crippen LogP contribution is -2.36. The number of hydrogen-bond acceptors (Lipinski definition) is 3. The number of carbonyl (C=O) groups is 1. The standard InChI is InChI=1S/C13H17ClN2O3S/c1-10(17)15-11-4-6-13(7-5-11)20(18,19)16-8-2-3-12(16)9-14/h4-7,12H,2-3,8-9H2,1H3,(H,15,17)/t12-/m0/s1.